The van der Waals surface area contributed by atoms with E-state index in [1.165, 1.54) is 0 Å². The Labute approximate surface area is 71.9 Å². The maximum Gasteiger partial charge on any atom is 0.317 e. The van der Waals surface area contributed by atoms with Gasteiger partial charge in [0.2, 0.25) is 0 Å². The quantitative estimate of drug-likeness (QED) is 0.610. The molecule has 2 saturated heterocycles. The summed E-state index contributed by atoms with van der Waals surface area (Å²) < 4.78 is 5.24. The topological polar surface area (TPSA) is 41.6 Å². The zero-order valence-corrected chi connectivity index (χ0v) is 7.08. The number of hydrogen-bond donors (Lipinski definition) is 1. The molecule has 4 nitrogen and oxygen atoms in total. The number of urea groups is 1. The second-order valence-electron chi connectivity index (χ2n) is 3.30. The molecule has 4 heteroatoms. The molecule has 12 heavy (non-hydrogen) atoms. The van der Waals surface area contributed by atoms with Gasteiger partial charge in [-0.05, 0) is 12.8 Å². The number of nitrogens with zero attached hydrogens (tertiary/aromatic N) is 1. The Hall–Kier alpha value is -0.770. The van der Waals surface area contributed by atoms with Crippen LogP contribution in [0.1, 0.15) is 12.8 Å². The summed E-state index contributed by atoms with van der Waals surface area (Å²) in [6.45, 7) is 3.23. The highest BCUT2D eigenvalue weighted by Crippen LogP contribution is 2.14. The number of carbonyl (C=O) groups excluding carboxylic acids is 1. The van der Waals surface area contributed by atoms with Crippen LogP contribution in [0, 0.1) is 0 Å². The lowest BCUT2D eigenvalue weighted by molar-refractivity contribution is 0.138. The molecule has 0 aromatic rings. The fourth-order valence-corrected chi connectivity index (χ4v) is 1.76. The van der Waals surface area contributed by atoms with E-state index in [-0.39, 0.29) is 6.03 Å². The van der Waals surface area contributed by atoms with Crippen molar-refractivity contribution in [2.45, 2.75) is 18.9 Å². The maximum atomic E-state index is 11.3. The van der Waals surface area contributed by atoms with Crippen LogP contribution in [0.15, 0.2) is 0 Å². The SMILES string of the molecule is O=C1NCCCN1C1CCOC1. The average molecular weight is 170 g/mol. The van der Waals surface area contributed by atoms with Crippen LogP contribution in [0.4, 0.5) is 4.79 Å². The first kappa shape index (κ1) is 7.86. The molecule has 0 aromatic heterocycles. The molecule has 2 amide bonds. The van der Waals surface area contributed by atoms with Crippen LogP contribution in [-0.2, 0) is 4.74 Å². The lowest BCUT2D eigenvalue weighted by Gasteiger charge is -2.31. The van der Waals surface area contributed by atoms with Gasteiger partial charge in [-0.3, -0.25) is 0 Å². The summed E-state index contributed by atoms with van der Waals surface area (Å²) in [4.78, 5) is 13.2. The predicted octanol–water partition coefficient (Wildman–Crippen LogP) is 0.191. The minimum Gasteiger partial charge on any atom is -0.379 e. The number of nitrogens with one attached hydrogen (secondary N) is 1. The summed E-state index contributed by atoms with van der Waals surface area (Å²) in [6.07, 6.45) is 2.05. The van der Waals surface area contributed by atoms with Crippen molar-refractivity contribution in [1.29, 1.82) is 0 Å². The van der Waals surface area contributed by atoms with Crippen LogP contribution >= 0.6 is 0 Å². The summed E-state index contributed by atoms with van der Waals surface area (Å²) in [6, 6.07) is 0.405. The highest BCUT2D eigenvalue weighted by molar-refractivity contribution is 5.75. The standard InChI is InChI=1S/C8H14N2O2/c11-8-9-3-1-4-10(8)7-2-5-12-6-7/h7H,1-6H2,(H,9,11). The Balaban J connectivity index is 1.95. The molecule has 0 aromatic carbocycles. The van der Waals surface area contributed by atoms with Gasteiger partial charge < -0.3 is 15.0 Å². The molecule has 2 aliphatic rings. The average Bonchev–Trinajstić information content (AvgIpc) is 2.57. The van der Waals surface area contributed by atoms with Crippen LogP contribution in [0.5, 0.6) is 0 Å². The molecule has 2 aliphatic heterocycles. The lowest BCUT2D eigenvalue weighted by atomic mass is 10.2. The van der Waals surface area contributed by atoms with Gasteiger partial charge in [-0.25, -0.2) is 4.79 Å². The van der Waals surface area contributed by atoms with Crippen LogP contribution in [0.25, 0.3) is 0 Å². The van der Waals surface area contributed by atoms with Crippen molar-refractivity contribution in [3.05, 3.63) is 0 Å². The smallest absolute Gasteiger partial charge is 0.317 e. The van der Waals surface area contributed by atoms with Crippen molar-refractivity contribution in [3.63, 3.8) is 0 Å². The number of hydrogen-bond acceptors (Lipinski definition) is 2. The summed E-state index contributed by atoms with van der Waals surface area (Å²) in [7, 11) is 0. The molecule has 0 radical (unpaired) electrons. The Morgan fingerprint density at radius 2 is 2.50 bits per heavy atom. The molecule has 1 atom stereocenters. The zero-order chi connectivity index (χ0) is 8.39. The monoisotopic (exact) mass is 170 g/mol. The van der Waals surface area contributed by atoms with Gasteiger partial charge in [-0.1, -0.05) is 0 Å². The predicted molar refractivity (Wildman–Crippen MR) is 43.9 cm³/mol. The van der Waals surface area contributed by atoms with Crippen LogP contribution in [0.3, 0.4) is 0 Å². The second kappa shape index (κ2) is 3.31. The van der Waals surface area contributed by atoms with Crippen molar-refractivity contribution in [2.75, 3.05) is 26.3 Å². The van der Waals surface area contributed by atoms with E-state index in [4.69, 9.17) is 4.74 Å². The van der Waals surface area contributed by atoms with Crippen LogP contribution in [-0.4, -0.2) is 43.3 Å². The molecule has 0 aliphatic carbocycles. The number of rotatable bonds is 1. The highest BCUT2D eigenvalue weighted by atomic mass is 16.5. The van der Waals surface area contributed by atoms with E-state index in [0.717, 1.165) is 32.5 Å². The van der Waals surface area contributed by atoms with Gasteiger partial charge in [0.15, 0.2) is 0 Å². The second-order valence-corrected chi connectivity index (χ2v) is 3.30. The molecular weight excluding hydrogens is 156 g/mol. The minimum absolute atomic E-state index is 0.0803. The van der Waals surface area contributed by atoms with E-state index in [9.17, 15) is 4.79 Å². The lowest BCUT2D eigenvalue weighted by Crippen LogP contribution is -2.51. The molecule has 2 heterocycles. The van der Waals surface area contributed by atoms with Gasteiger partial charge in [0.25, 0.3) is 0 Å². The third kappa shape index (κ3) is 1.39. The number of amides is 2. The number of ether oxygens (including phenoxy) is 1. The fraction of sp³-hybridized carbons (Fsp3) is 0.875. The van der Waals surface area contributed by atoms with Gasteiger partial charge >= 0.3 is 6.03 Å². The molecule has 2 rings (SSSR count). The van der Waals surface area contributed by atoms with Gasteiger partial charge in [0.1, 0.15) is 0 Å². The van der Waals surface area contributed by atoms with E-state index in [1.54, 1.807) is 0 Å². The zero-order valence-electron chi connectivity index (χ0n) is 7.08. The summed E-state index contributed by atoms with van der Waals surface area (Å²) >= 11 is 0. The molecule has 68 valence electrons. The molecule has 0 bridgehead atoms. The van der Waals surface area contributed by atoms with Crippen LogP contribution < -0.4 is 5.32 Å². The van der Waals surface area contributed by atoms with Gasteiger partial charge in [-0.15, -0.1) is 0 Å². The molecule has 0 saturated carbocycles. The molecule has 2 fully saturated rings. The summed E-state index contributed by atoms with van der Waals surface area (Å²) in [5, 5.41) is 2.84. The van der Waals surface area contributed by atoms with Crippen molar-refractivity contribution in [1.82, 2.24) is 10.2 Å². The van der Waals surface area contributed by atoms with Crippen molar-refractivity contribution in [2.24, 2.45) is 0 Å². The van der Waals surface area contributed by atoms with E-state index in [1.807, 2.05) is 4.90 Å². The summed E-state index contributed by atoms with van der Waals surface area (Å²) in [5.74, 6) is 0. The van der Waals surface area contributed by atoms with E-state index in [0.29, 0.717) is 12.6 Å². The van der Waals surface area contributed by atoms with E-state index in [2.05, 4.69) is 5.32 Å². The highest BCUT2D eigenvalue weighted by Gasteiger charge is 2.28. The molecule has 1 unspecified atom stereocenters. The van der Waals surface area contributed by atoms with Crippen molar-refractivity contribution in [3.8, 4) is 0 Å². The third-order valence-electron chi connectivity index (χ3n) is 2.46. The molecule has 1 N–H and O–H groups in total. The summed E-state index contributed by atoms with van der Waals surface area (Å²) in [5.41, 5.74) is 0. The normalized spacial score (nSPS) is 30.5. The first-order chi connectivity index (χ1) is 5.88. The molecular formula is C8H14N2O2. The van der Waals surface area contributed by atoms with E-state index < -0.39 is 0 Å². The van der Waals surface area contributed by atoms with Gasteiger partial charge in [0.05, 0.1) is 12.6 Å². The Kier molecular flexibility index (Phi) is 2.17. The first-order valence-electron chi connectivity index (χ1n) is 4.50. The van der Waals surface area contributed by atoms with Crippen LogP contribution in [0.2, 0.25) is 0 Å². The molecule has 0 spiro atoms. The van der Waals surface area contributed by atoms with Crippen molar-refractivity contribution >= 4 is 6.03 Å². The Bertz CT molecular complexity index is 178. The largest absolute Gasteiger partial charge is 0.379 e. The fourth-order valence-electron chi connectivity index (χ4n) is 1.76. The van der Waals surface area contributed by atoms with Gasteiger partial charge in [-0.2, -0.15) is 0 Å². The number of carbonyl (C=O) groups is 1. The Morgan fingerprint density at radius 3 is 3.17 bits per heavy atom. The van der Waals surface area contributed by atoms with E-state index >= 15 is 0 Å². The first-order valence-corrected chi connectivity index (χ1v) is 4.50. The minimum atomic E-state index is 0.0803. The maximum absolute atomic E-state index is 11.3. The Morgan fingerprint density at radius 1 is 1.58 bits per heavy atom. The third-order valence-corrected chi connectivity index (χ3v) is 2.46. The van der Waals surface area contributed by atoms with Gasteiger partial charge in [0, 0.05) is 19.7 Å². The van der Waals surface area contributed by atoms with Crippen molar-refractivity contribution < 1.29 is 9.53 Å².